The number of nitrogens with zero attached hydrogens (tertiary/aromatic N) is 3. The molecule has 0 bridgehead atoms. The van der Waals surface area contributed by atoms with E-state index in [1.807, 2.05) is 28.9 Å². The van der Waals surface area contributed by atoms with Gasteiger partial charge in [0, 0.05) is 0 Å². The van der Waals surface area contributed by atoms with Crippen molar-refractivity contribution in [2.24, 2.45) is 0 Å². The lowest BCUT2D eigenvalue weighted by Crippen LogP contribution is -2.28. The summed E-state index contributed by atoms with van der Waals surface area (Å²) >= 11 is 0. The molecule has 1 aromatic heterocycles. The molecule has 0 aliphatic carbocycles. The lowest BCUT2D eigenvalue weighted by molar-refractivity contribution is 0.409. The molecule has 1 aliphatic heterocycles. The molecule has 0 fully saturated rings. The van der Waals surface area contributed by atoms with Gasteiger partial charge in [-0.2, -0.15) is 10.1 Å². The van der Waals surface area contributed by atoms with Crippen LogP contribution < -0.4 is 10.1 Å². The average molecular weight is 324 g/mol. The molecule has 0 saturated carbocycles. The van der Waals surface area contributed by atoms with Gasteiger partial charge in [0.2, 0.25) is 5.95 Å². The molecular formula is C18H17FN4O. The van der Waals surface area contributed by atoms with E-state index in [2.05, 4.69) is 21.5 Å². The maximum absolute atomic E-state index is 13.7. The van der Waals surface area contributed by atoms with Crippen LogP contribution in [0, 0.1) is 5.82 Å². The zero-order valence-electron chi connectivity index (χ0n) is 13.2. The van der Waals surface area contributed by atoms with Crippen molar-refractivity contribution in [3.05, 3.63) is 71.8 Å². The first-order chi connectivity index (χ1) is 11.7. The predicted octanol–water partition coefficient (Wildman–Crippen LogP) is 3.57. The van der Waals surface area contributed by atoms with Crippen molar-refractivity contribution in [1.29, 1.82) is 0 Å². The topological polar surface area (TPSA) is 52.0 Å². The number of fused-ring (bicyclic) bond motifs is 1. The molecule has 2 unspecified atom stereocenters. The number of benzene rings is 2. The number of aromatic nitrogens is 3. The first-order valence-electron chi connectivity index (χ1n) is 7.80. The van der Waals surface area contributed by atoms with Crippen molar-refractivity contribution in [3.63, 3.8) is 0 Å². The van der Waals surface area contributed by atoms with Crippen LogP contribution in [0.5, 0.6) is 5.75 Å². The maximum atomic E-state index is 13.7. The fraction of sp³-hybridized carbons (Fsp3) is 0.222. The summed E-state index contributed by atoms with van der Waals surface area (Å²) < 4.78 is 20.8. The van der Waals surface area contributed by atoms with Crippen LogP contribution in [0.4, 0.5) is 10.3 Å². The van der Waals surface area contributed by atoms with Crippen molar-refractivity contribution in [3.8, 4) is 5.75 Å². The van der Waals surface area contributed by atoms with Crippen LogP contribution in [0.3, 0.4) is 0 Å². The molecule has 4 rings (SSSR count). The Morgan fingerprint density at radius 3 is 2.83 bits per heavy atom. The molecule has 5 nitrogen and oxygen atoms in total. The Morgan fingerprint density at radius 2 is 2.00 bits per heavy atom. The first kappa shape index (κ1) is 14.7. The lowest BCUT2D eigenvalue weighted by Gasteiger charge is -2.32. The van der Waals surface area contributed by atoms with Crippen molar-refractivity contribution >= 4 is 5.95 Å². The van der Waals surface area contributed by atoms with Gasteiger partial charge in [0.05, 0.1) is 19.2 Å². The SMILES string of the molecule is COc1cccc(C2CC(c3cccc(F)c3)n3ncnc3N2)c1. The molecule has 2 heterocycles. The molecule has 1 N–H and O–H groups in total. The van der Waals surface area contributed by atoms with Crippen LogP contribution >= 0.6 is 0 Å². The van der Waals surface area contributed by atoms with Gasteiger partial charge in [-0.25, -0.2) is 9.07 Å². The van der Waals surface area contributed by atoms with Gasteiger partial charge in [-0.3, -0.25) is 0 Å². The van der Waals surface area contributed by atoms with Gasteiger partial charge in [-0.05, 0) is 41.8 Å². The van der Waals surface area contributed by atoms with Crippen molar-refractivity contribution in [2.75, 3.05) is 12.4 Å². The number of rotatable bonds is 3. The highest BCUT2D eigenvalue weighted by molar-refractivity contribution is 5.40. The van der Waals surface area contributed by atoms with Crippen molar-refractivity contribution in [2.45, 2.75) is 18.5 Å². The number of halogens is 1. The molecule has 3 aromatic rings. The van der Waals surface area contributed by atoms with Gasteiger partial charge in [0.15, 0.2) is 0 Å². The number of anilines is 1. The number of ether oxygens (including phenoxy) is 1. The molecule has 0 saturated heterocycles. The quantitative estimate of drug-likeness (QED) is 0.800. The molecule has 24 heavy (non-hydrogen) atoms. The second-order valence-electron chi connectivity index (χ2n) is 5.81. The molecule has 0 amide bonds. The van der Waals surface area contributed by atoms with Gasteiger partial charge in [0.25, 0.3) is 0 Å². The predicted molar refractivity (Wildman–Crippen MR) is 88.5 cm³/mol. The van der Waals surface area contributed by atoms with Crippen LogP contribution in [-0.4, -0.2) is 21.9 Å². The third-order valence-electron chi connectivity index (χ3n) is 4.36. The fourth-order valence-corrected chi connectivity index (χ4v) is 3.19. The van der Waals surface area contributed by atoms with Gasteiger partial charge >= 0.3 is 0 Å². The van der Waals surface area contributed by atoms with Gasteiger partial charge in [-0.1, -0.05) is 24.3 Å². The van der Waals surface area contributed by atoms with Crippen LogP contribution in [0.15, 0.2) is 54.9 Å². The van der Waals surface area contributed by atoms with E-state index >= 15 is 0 Å². The summed E-state index contributed by atoms with van der Waals surface area (Å²) in [6, 6.07) is 14.6. The third kappa shape index (κ3) is 2.60. The van der Waals surface area contributed by atoms with E-state index in [-0.39, 0.29) is 17.9 Å². The molecule has 0 radical (unpaired) electrons. The lowest BCUT2D eigenvalue weighted by atomic mass is 9.93. The number of hydrogen-bond acceptors (Lipinski definition) is 4. The average Bonchev–Trinajstić information content (AvgIpc) is 3.09. The van der Waals surface area contributed by atoms with Crippen LogP contribution in [0.2, 0.25) is 0 Å². The Hall–Kier alpha value is -2.89. The summed E-state index contributed by atoms with van der Waals surface area (Å²) in [5, 5.41) is 7.70. The minimum Gasteiger partial charge on any atom is -0.497 e. The molecule has 2 atom stereocenters. The summed E-state index contributed by atoms with van der Waals surface area (Å²) in [6.45, 7) is 0. The molecule has 1 aliphatic rings. The standard InChI is InChI=1S/C18H17FN4O/c1-24-15-7-3-4-12(9-15)16-10-17(13-5-2-6-14(19)8-13)23-18(22-16)20-11-21-23/h2-9,11,16-17H,10H2,1H3,(H,20,21,22). The minimum atomic E-state index is -0.245. The van der Waals surface area contributed by atoms with Crippen molar-refractivity contribution in [1.82, 2.24) is 14.8 Å². The van der Waals surface area contributed by atoms with E-state index in [1.54, 1.807) is 19.2 Å². The number of hydrogen-bond donors (Lipinski definition) is 1. The molecular weight excluding hydrogens is 307 g/mol. The Balaban J connectivity index is 1.73. The van der Waals surface area contributed by atoms with Crippen LogP contribution in [0.1, 0.15) is 29.6 Å². The summed E-state index contributed by atoms with van der Waals surface area (Å²) in [6.07, 6.45) is 2.26. The molecule has 122 valence electrons. The Kier molecular flexibility index (Phi) is 3.65. The number of methoxy groups -OCH3 is 1. The summed E-state index contributed by atoms with van der Waals surface area (Å²) in [5.41, 5.74) is 1.99. The normalized spacial score (nSPS) is 19.4. The Morgan fingerprint density at radius 1 is 1.17 bits per heavy atom. The van der Waals surface area contributed by atoms with Crippen molar-refractivity contribution < 1.29 is 9.13 Å². The monoisotopic (exact) mass is 324 g/mol. The van der Waals surface area contributed by atoms with E-state index in [0.29, 0.717) is 5.95 Å². The van der Waals surface area contributed by atoms with E-state index in [4.69, 9.17) is 4.74 Å². The van der Waals surface area contributed by atoms with Crippen LogP contribution in [0.25, 0.3) is 0 Å². The molecule has 2 aromatic carbocycles. The van der Waals surface area contributed by atoms with E-state index < -0.39 is 0 Å². The Bertz CT molecular complexity index is 863. The summed E-state index contributed by atoms with van der Waals surface area (Å²) in [7, 11) is 1.65. The zero-order chi connectivity index (χ0) is 16.5. The zero-order valence-corrected chi connectivity index (χ0v) is 13.2. The minimum absolute atomic E-state index is 0.0464. The summed E-state index contributed by atoms with van der Waals surface area (Å²) in [5.74, 6) is 1.25. The highest BCUT2D eigenvalue weighted by Gasteiger charge is 2.30. The summed E-state index contributed by atoms with van der Waals surface area (Å²) in [4.78, 5) is 4.29. The second kappa shape index (κ2) is 5.96. The van der Waals surface area contributed by atoms with E-state index in [1.165, 1.54) is 12.4 Å². The van der Waals surface area contributed by atoms with Gasteiger partial charge < -0.3 is 10.1 Å². The molecule has 0 spiro atoms. The fourth-order valence-electron chi connectivity index (χ4n) is 3.19. The second-order valence-corrected chi connectivity index (χ2v) is 5.81. The third-order valence-corrected chi connectivity index (χ3v) is 4.36. The number of nitrogens with one attached hydrogen (secondary N) is 1. The van der Waals surface area contributed by atoms with E-state index in [9.17, 15) is 4.39 Å². The first-order valence-corrected chi connectivity index (χ1v) is 7.80. The van der Waals surface area contributed by atoms with Gasteiger partial charge in [-0.15, -0.1) is 0 Å². The van der Waals surface area contributed by atoms with E-state index in [0.717, 1.165) is 23.3 Å². The largest absolute Gasteiger partial charge is 0.497 e. The van der Waals surface area contributed by atoms with Crippen LogP contribution in [-0.2, 0) is 0 Å². The highest BCUT2D eigenvalue weighted by Crippen LogP contribution is 2.38. The smallest absolute Gasteiger partial charge is 0.222 e. The maximum Gasteiger partial charge on any atom is 0.222 e. The molecule has 6 heteroatoms. The van der Waals surface area contributed by atoms with Gasteiger partial charge in [0.1, 0.15) is 17.9 Å². The Labute approximate surface area is 139 Å². The highest BCUT2D eigenvalue weighted by atomic mass is 19.1.